The van der Waals surface area contributed by atoms with E-state index in [1.165, 1.54) is 70.3 Å². The van der Waals surface area contributed by atoms with Gasteiger partial charge >= 0.3 is 5.97 Å². The summed E-state index contributed by atoms with van der Waals surface area (Å²) in [5.74, 6) is -2.18. The van der Waals surface area contributed by atoms with Crippen LogP contribution in [0.25, 0.3) is 0 Å². The summed E-state index contributed by atoms with van der Waals surface area (Å²) in [5, 5.41) is 39.0. The molecule has 5 nitrogen and oxygen atoms in total. The first-order valence-corrected chi connectivity index (χ1v) is 10.9. The van der Waals surface area contributed by atoms with Gasteiger partial charge in [-0.2, -0.15) is 0 Å². The number of rotatable bonds is 16. The number of unbranched alkanes of at least 4 members (excludes halogenated alkanes) is 12. The van der Waals surface area contributed by atoms with E-state index in [-0.39, 0.29) is 11.1 Å². The zero-order chi connectivity index (χ0) is 20.8. The van der Waals surface area contributed by atoms with Gasteiger partial charge in [0.2, 0.25) is 0 Å². The maximum atomic E-state index is 11.3. The van der Waals surface area contributed by atoms with E-state index in [0.717, 1.165) is 25.3 Å². The quantitative estimate of drug-likeness (QED) is 0.194. The highest BCUT2D eigenvalue weighted by molar-refractivity contribution is 5.91. The number of aliphatic hydroxyl groups excluding tert-OH is 1. The Balaban J connectivity index is 2.16. The predicted octanol–water partition coefficient (Wildman–Crippen LogP) is 6.31. The van der Waals surface area contributed by atoms with Crippen LogP contribution in [0.15, 0.2) is 12.1 Å². The fourth-order valence-electron chi connectivity index (χ4n) is 3.62. The minimum absolute atomic E-state index is 0.0913. The smallest absolute Gasteiger partial charge is 0.336 e. The third-order valence-corrected chi connectivity index (χ3v) is 5.34. The van der Waals surface area contributed by atoms with Gasteiger partial charge in [-0.15, -0.1) is 0 Å². The molecule has 0 heterocycles. The minimum atomic E-state index is -1.23. The van der Waals surface area contributed by atoms with Crippen LogP contribution in [0.4, 0.5) is 0 Å². The summed E-state index contributed by atoms with van der Waals surface area (Å²) >= 11 is 0. The molecule has 0 bridgehead atoms. The zero-order valence-corrected chi connectivity index (χ0v) is 17.3. The standard InChI is InChI=1S/C23H38O5/c1-2-3-4-5-6-7-8-9-10-11-12-13-14-15-19(24)21-18(23(27)28)16-17-20(25)22(21)26/h16-17,19,24-26H,2-15H2,1H3,(H,27,28). The molecule has 1 atom stereocenters. The van der Waals surface area contributed by atoms with E-state index in [2.05, 4.69) is 6.92 Å². The zero-order valence-electron chi connectivity index (χ0n) is 17.3. The van der Waals surface area contributed by atoms with Gasteiger partial charge in [-0.3, -0.25) is 0 Å². The predicted molar refractivity (Wildman–Crippen MR) is 112 cm³/mol. The first-order valence-electron chi connectivity index (χ1n) is 10.9. The Morgan fingerprint density at radius 1 is 0.821 bits per heavy atom. The highest BCUT2D eigenvalue weighted by Crippen LogP contribution is 2.37. The molecule has 4 N–H and O–H groups in total. The van der Waals surface area contributed by atoms with Crippen molar-refractivity contribution in [2.24, 2.45) is 0 Å². The summed E-state index contributed by atoms with van der Waals surface area (Å²) in [4.78, 5) is 11.3. The molecular weight excluding hydrogens is 356 g/mol. The molecule has 0 aliphatic rings. The molecule has 1 aromatic rings. The first-order chi connectivity index (χ1) is 13.5. The fraction of sp³-hybridized carbons (Fsp3) is 0.696. The number of phenols is 2. The average Bonchev–Trinajstić information content (AvgIpc) is 2.67. The molecule has 1 rings (SSSR count). The van der Waals surface area contributed by atoms with Crippen molar-refractivity contribution in [3.8, 4) is 11.5 Å². The van der Waals surface area contributed by atoms with Crippen LogP contribution in [0.5, 0.6) is 11.5 Å². The van der Waals surface area contributed by atoms with Crippen LogP contribution >= 0.6 is 0 Å². The van der Waals surface area contributed by atoms with Crippen molar-refractivity contribution in [3.05, 3.63) is 23.3 Å². The van der Waals surface area contributed by atoms with Gasteiger partial charge in [0.25, 0.3) is 0 Å². The molecule has 0 fully saturated rings. The molecule has 0 spiro atoms. The lowest BCUT2D eigenvalue weighted by atomic mass is 9.96. The molecule has 0 aliphatic carbocycles. The Hall–Kier alpha value is -1.75. The number of aromatic hydroxyl groups is 2. The molecule has 0 aliphatic heterocycles. The van der Waals surface area contributed by atoms with Gasteiger partial charge in [-0.25, -0.2) is 4.79 Å². The lowest BCUT2D eigenvalue weighted by molar-refractivity contribution is 0.0686. The molecule has 1 aromatic carbocycles. The molecule has 1 unspecified atom stereocenters. The van der Waals surface area contributed by atoms with E-state index >= 15 is 0 Å². The molecular formula is C23H38O5. The second-order valence-electron chi connectivity index (χ2n) is 7.75. The van der Waals surface area contributed by atoms with Crippen molar-refractivity contribution in [2.75, 3.05) is 0 Å². The largest absolute Gasteiger partial charge is 0.504 e. The number of carboxylic acids is 1. The Bertz CT molecular complexity index is 570. The Morgan fingerprint density at radius 3 is 1.75 bits per heavy atom. The van der Waals surface area contributed by atoms with Crippen molar-refractivity contribution < 1.29 is 25.2 Å². The number of hydrogen-bond acceptors (Lipinski definition) is 4. The normalized spacial score (nSPS) is 12.2. The van der Waals surface area contributed by atoms with Crippen LogP contribution in [0.2, 0.25) is 0 Å². The number of benzene rings is 1. The van der Waals surface area contributed by atoms with Gasteiger partial charge in [-0.05, 0) is 18.6 Å². The number of carboxylic acid groups (broad SMARTS) is 1. The summed E-state index contributed by atoms with van der Waals surface area (Å²) < 4.78 is 0. The van der Waals surface area contributed by atoms with Crippen LogP contribution in [0.3, 0.4) is 0 Å². The number of aliphatic hydroxyl groups is 1. The van der Waals surface area contributed by atoms with E-state index < -0.39 is 23.6 Å². The topological polar surface area (TPSA) is 98.0 Å². The maximum Gasteiger partial charge on any atom is 0.336 e. The van der Waals surface area contributed by atoms with Gasteiger partial charge < -0.3 is 20.4 Å². The fourth-order valence-corrected chi connectivity index (χ4v) is 3.62. The van der Waals surface area contributed by atoms with Gasteiger partial charge in [0, 0.05) is 5.56 Å². The third-order valence-electron chi connectivity index (χ3n) is 5.34. The highest BCUT2D eigenvalue weighted by atomic mass is 16.4. The summed E-state index contributed by atoms with van der Waals surface area (Å²) in [5.41, 5.74) is -0.260. The van der Waals surface area contributed by atoms with Crippen LogP contribution in [0, 0.1) is 0 Å². The van der Waals surface area contributed by atoms with Crippen LogP contribution in [-0.2, 0) is 0 Å². The SMILES string of the molecule is CCCCCCCCCCCCCCCC(O)c1c(C(=O)O)ccc(O)c1O. The van der Waals surface area contributed by atoms with E-state index in [1.54, 1.807) is 0 Å². The van der Waals surface area contributed by atoms with Crippen LogP contribution in [-0.4, -0.2) is 26.4 Å². The second-order valence-corrected chi connectivity index (χ2v) is 7.75. The van der Waals surface area contributed by atoms with Crippen LogP contribution in [0.1, 0.15) is 119 Å². The van der Waals surface area contributed by atoms with Crippen molar-refractivity contribution in [1.29, 1.82) is 0 Å². The average molecular weight is 395 g/mol. The number of phenolic OH excluding ortho intramolecular Hbond substituents is 2. The van der Waals surface area contributed by atoms with Gasteiger partial charge in [0.15, 0.2) is 11.5 Å². The molecule has 0 saturated heterocycles. The lowest BCUT2D eigenvalue weighted by Crippen LogP contribution is -2.08. The van der Waals surface area contributed by atoms with E-state index in [0.29, 0.717) is 6.42 Å². The molecule has 0 aromatic heterocycles. The van der Waals surface area contributed by atoms with E-state index in [4.69, 9.17) is 0 Å². The van der Waals surface area contributed by atoms with Crippen molar-refractivity contribution in [2.45, 2.75) is 103 Å². The number of aromatic carboxylic acids is 1. The summed E-state index contributed by atoms with van der Waals surface area (Å²) in [6.07, 6.45) is 15.2. The molecule has 0 radical (unpaired) electrons. The van der Waals surface area contributed by atoms with Gasteiger partial charge in [0.05, 0.1) is 11.7 Å². The summed E-state index contributed by atoms with van der Waals surface area (Å²) in [6, 6.07) is 2.33. The lowest BCUT2D eigenvalue weighted by Gasteiger charge is -2.16. The Kier molecular flexibility index (Phi) is 12.4. The summed E-state index contributed by atoms with van der Waals surface area (Å²) in [6.45, 7) is 2.24. The monoisotopic (exact) mass is 394 g/mol. The molecule has 0 amide bonds. The molecule has 0 saturated carbocycles. The van der Waals surface area contributed by atoms with Gasteiger partial charge in [0.1, 0.15) is 0 Å². The van der Waals surface area contributed by atoms with Crippen molar-refractivity contribution in [3.63, 3.8) is 0 Å². The second kappa shape index (κ2) is 14.3. The molecule has 160 valence electrons. The van der Waals surface area contributed by atoms with Crippen LogP contribution < -0.4 is 0 Å². The minimum Gasteiger partial charge on any atom is -0.504 e. The third kappa shape index (κ3) is 8.96. The maximum absolute atomic E-state index is 11.3. The van der Waals surface area contributed by atoms with E-state index in [1.807, 2.05) is 0 Å². The van der Waals surface area contributed by atoms with Crippen molar-refractivity contribution >= 4 is 5.97 Å². The highest BCUT2D eigenvalue weighted by Gasteiger charge is 2.23. The summed E-state index contributed by atoms with van der Waals surface area (Å²) in [7, 11) is 0. The van der Waals surface area contributed by atoms with Gasteiger partial charge in [-0.1, -0.05) is 90.4 Å². The Morgan fingerprint density at radius 2 is 1.29 bits per heavy atom. The molecule has 5 heteroatoms. The number of carbonyl (C=O) groups is 1. The number of hydrogen-bond donors (Lipinski definition) is 4. The molecule has 28 heavy (non-hydrogen) atoms. The Labute approximate surface area is 169 Å². The first kappa shape index (κ1) is 24.3. The van der Waals surface area contributed by atoms with Crippen molar-refractivity contribution in [1.82, 2.24) is 0 Å². The van der Waals surface area contributed by atoms with E-state index in [9.17, 15) is 25.2 Å².